The lowest BCUT2D eigenvalue weighted by Gasteiger charge is -2.33. The number of amides is 1. The normalized spacial score (nSPS) is 17.9. The van der Waals surface area contributed by atoms with Crippen LogP contribution in [0.2, 0.25) is 10.0 Å². The Hall–Kier alpha value is -1.63. The molecule has 2 atom stereocenters. The van der Waals surface area contributed by atoms with E-state index in [1.54, 1.807) is 17.0 Å². The van der Waals surface area contributed by atoms with E-state index in [9.17, 15) is 9.90 Å². The van der Waals surface area contributed by atoms with Gasteiger partial charge < -0.3 is 10.0 Å². The van der Waals surface area contributed by atoms with Crippen molar-refractivity contribution in [3.05, 3.63) is 46.5 Å². The van der Waals surface area contributed by atoms with Crippen molar-refractivity contribution in [2.24, 2.45) is 0 Å². The predicted octanol–water partition coefficient (Wildman–Crippen LogP) is 1.88. The largest absolute Gasteiger partial charge is 0.383 e. The molecule has 1 N–H and O–H groups in total. The zero-order chi connectivity index (χ0) is 15.9. The van der Waals surface area contributed by atoms with Gasteiger partial charge in [0.25, 0.3) is 5.91 Å². The van der Waals surface area contributed by atoms with Gasteiger partial charge in [0.05, 0.1) is 0 Å². The van der Waals surface area contributed by atoms with Crippen molar-refractivity contribution in [3.63, 3.8) is 0 Å². The minimum atomic E-state index is -1.56. The second-order valence-corrected chi connectivity index (χ2v) is 6.22. The lowest BCUT2D eigenvalue weighted by Crippen LogP contribution is -2.42. The van der Waals surface area contributed by atoms with Crippen LogP contribution in [0.3, 0.4) is 0 Å². The summed E-state index contributed by atoms with van der Waals surface area (Å²) in [6, 6.07) is 3.82. The summed E-state index contributed by atoms with van der Waals surface area (Å²) in [5.41, 5.74) is -1.15. The van der Waals surface area contributed by atoms with Gasteiger partial charge in [-0.3, -0.25) is 4.79 Å². The molecule has 1 aliphatic rings. The molecular weight excluding hydrogens is 327 g/mol. The molecule has 1 saturated heterocycles. The Kier molecular flexibility index (Phi) is 3.84. The summed E-state index contributed by atoms with van der Waals surface area (Å²) in [7, 11) is 0. The van der Waals surface area contributed by atoms with E-state index >= 15 is 0 Å². The van der Waals surface area contributed by atoms with Crippen molar-refractivity contribution in [2.75, 3.05) is 13.1 Å². The number of halogens is 2. The Bertz CT molecular complexity index is 699. The molecule has 0 saturated carbocycles. The molecular formula is C14H14Cl2N4O2. The highest BCUT2D eigenvalue weighted by atomic mass is 35.5. The second-order valence-electron chi connectivity index (χ2n) is 5.38. The maximum atomic E-state index is 12.6. The summed E-state index contributed by atoms with van der Waals surface area (Å²) in [4.78, 5) is 18.1. The summed E-state index contributed by atoms with van der Waals surface area (Å²) in [6.07, 6.45) is 2.73. The van der Waals surface area contributed by atoms with Gasteiger partial charge >= 0.3 is 0 Å². The summed E-state index contributed by atoms with van der Waals surface area (Å²) < 4.78 is 1.35. The van der Waals surface area contributed by atoms with Gasteiger partial charge in [-0.15, -0.1) is 0 Å². The fourth-order valence-electron chi connectivity index (χ4n) is 2.45. The Morgan fingerprint density at radius 3 is 2.68 bits per heavy atom. The average molecular weight is 341 g/mol. The lowest BCUT2D eigenvalue weighted by atomic mass is 9.87. The van der Waals surface area contributed by atoms with Crippen molar-refractivity contribution in [1.29, 1.82) is 0 Å². The van der Waals surface area contributed by atoms with Crippen LogP contribution in [0.4, 0.5) is 0 Å². The molecule has 1 aliphatic heterocycles. The van der Waals surface area contributed by atoms with E-state index in [0.29, 0.717) is 28.7 Å². The standard InChI is InChI=1S/C14H14Cl2N4O2/c1-14(22,10-3-2-9(15)6-11(10)16)12(13(21)19-4-5-19)20-8-17-7-18-20/h2-3,6-8,12,22H,4-5H2,1H3. The van der Waals surface area contributed by atoms with Crippen LogP contribution in [0.1, 0.15) is 18.5 Å². The van der Waals surface area contributed by atoms with E-state index < -0.39 is 11.6 Å². The Labute approximate surface area is 137 Å². The molecule has 6 nitrogen and oxygen atoms in total. The fraction of sp³-hybridized carbons (Fsp3) is 0.357. The van der Waals surface area contributed by atoms with Gasteiger partial charge in [-0.25, -0.2) is 9.67 Å². The van der Waals surface area contributed by atoms with Crippen LogP contribution in [0.15, 0.2) is 30.9 Å². The molecule has 116 valence electrons. The number of hydrogen-bond acceptors (Lipinski definition) is 4. The fourth-order valence-corrected chi connectivity index (χ4v) is 3.05. The zero-order valence-electron chi connectivity index (χ0n) is 11.8. The molecule has 1 aromatic heterocycles. The maximum Gasteiger partial charge on any atom is 0.250 e. The number of aliphatic hydroxyl groups is 1. The van der Waals surface area contributed by atoms with Crippen LogP contribution in [-0.4, -0.2) is 43.8 Å². The monoisotopic (exact) mass is 340 g/mol. The molecule has 0 spiro atoms. The second kappa shape index (κ2) is 5.53. The molecule has 22 heavy (non-hydrogen) atoms. The molecule has 1 fully saturated rings. The maximum absolute atomic E-state index is 12.6. The molecule has 2 heterocycles. The number of hydrogen-bond donors (Lipinski definition) is 1. The predicted molar refractivity (Wildman–Crippen MR) is 81.7 cm³/mol. The molecule has 8 heteroatoms. The SMILES string of the molecule is CC(O)(c1ccc(Cl)cc1Cl)C(C(=O)N1CC1)n1cncn1. The van der Waals surface area contributed by atoms with Crippen LogP contribution in [0.5, 0.6) is 0 Å². The minimum absolute atomic E-state index is 0.221. The third-order valence-corrected chi connectivity index (χ3v) is 4.25. The smallest absolute Gasteiger partial charge is 0.250 e. The summed E-state index contributed by atoms with van der Waals surface area (Å²) >= 11 is 12.1. The summed E-state index contributed by atoms with van der Waals surface area (Å²) in [5, 5.41) is 15.8. The van der Waals surface area contributed by atoms with E-state index in [1.165, 1.54) is 30.3 Å². The molecule has 0 aliphatic carbocycles. The first kappa shape index (κ1) is 15.3. The third kappa shape index (κ3) is 2.69. The minimum Gasteiger partial charge on any atom is -0.383 e. The zero-order valence-corrected chi connectivity index (χ0v) is 13.3. The van der Waals surface area contributed by atoms with Crippen molar-refractivity contribution in [1.82, 2.24) is 19.7 Å². The van der Waals surface area contributed by atoms with Crippen molar-refractivity contribution in [2.45, 2.75) is 18.6 Å². The molecule has 2 aromatic rings. The number of nitrogens with zero attached hydrogens (tertiary/aromatic N) is 4. The van der Waals surface area contributed by atoms with Crippen LogP contribution in [0.25, 0.3) is 0 Å². The Morgan fingerprint density at radius 2 is 2.14 bits per heavy atom. The van der Waals surface area contributed by atoms with Gasteiger partial charge in [0.15, 0.2) is 6.04 Å². The first-order valence-electron chi connectivity index (χ1n) is 6.72. The van der Waals surface area contributed by atoms with Crippen molar-refractivity contribution in [3.8, 4) is 0 Å². The quantitative estimate of drug-likeness (QED) is 0.862. The number of carbonyl (C=O) groups excluding carboxylic acids is 1. The molecule has 3 rings (SSSR count). The Balaban J connectivity index is 2.07. The molecule has 0 bridgehead atoms. The summed E-state index contributed by atoms with van der Waals surface area (Å²) in [5.74, 6) is -0.221. The first-order chi connectivity index (χ1) is 10.4. The van der Waals surface area contributed by atoms with Gasteiger partial charge in [-0.1, -0.05) is 29.3 Å². The average Bonchev–Trinajstić information content (AvgIpc) is 3.16. The number of rotatable bonds is 4. The summed E-state index contributed by atoms with van der Waals surface area (Å²) in [6.45, 7) is 2.89. The number of aromatic nitrogens is 3. The van der Waals surface area contributed by atoms with Gasteiger partial charge in [0.1, 0.15) is 18.3 Å². The Morgan fingerprint density at radius 1 is 1.41 bits per heavy atom. The molecule has 1 amide bonds. The van der Waals surface area contributed by atoms with E-state index in [0.717, 1.165) is 0 Å². The molecule has 1 aromatic carbocycles. The number of carbonyl (C=O) groups is 1. The van der Waals surface area contributed by atoms with E-state index in [2.05, 4.69) is 10.1 Å². The van der Waals surface area contributed by atoms with Crippen LogP contribution < -0.4 is 0 Å². The van der Waals surface area contributed by atoms with E-state index in [1.807, 2.05) is 0 Å². The highest BCUT2D eigenvalue weighted by molar-refractivity contribution is 6.35. The van der Waals surface area contributed by atoms with Crippen molar-refractivity contribution >= 4 is 29.1 Å². The highest BCUT2D eigenvalue weighted by Crippen LogP contribution is 2.39. The van der Waals surface area contributed by atoms with Gasteiger partial charge in [0, 0.05) is 28.7 Å². The molecule has 2 unspecified atom stereocenters. The van der Waals surface area contributed by atoms with Gasteiger partial charge in [-0.2, -0.15) is 5.10 Å². The van der Waals surface area contributed by atoms with Crippen LogP contribution in [0, 0.1) is 0 Å². The van der Waals surface area contributed by atoms with E-state index in [4.69, 9.17) is 23.2 Å². The molecule has 0 radical (unpaired) electrons. The third-order valence-electron chi connectivity index (χ3n) is 3.70. The lowest BCUT2D eigenvalue weighted by molar-refractivity contribution is -0.138. The highest BCUT2D eigenvalue weighted by Gasteiger charge is 2.46. The van der Waals surface area contributed by atoms with Gasteiger partial charge in [0.2, 0.25) is 0 Å². The number of benzene rings is 1. The van der Waals surface area contributed by atoms with Crippen LogP contribution >= 0.6 is 23.2 Å². The van der Waals surface area contributed by atoms with Crippen molar-refractivity contribution < 1.29 is 9.90 Å². The van der Waals surface area contributed by atoms with Gasteiger partial charge in [-0.05, 0) is 19.1 Å². The van der Waals surface area contributed by atoms with E-state index in [-0.39, 0.29) is 5.91 Å². The topological polar surface area (TPSA) is 71.0 Å². The van der Waals surface area contributed by atoms with Crippen LogP contribution in [-0.2, 0) is 10.4 Å². The first-order valence-corrected chi connectivity index (χ1v) is 7.47.